The summed E-state index contributed by atoms with van der Waals surface area (Å²) in [6, 6.07) is 0. The first-order valence-electron chi connectivity index (χ1n) is 13.3. The fourth-order valence-corrected chi connectivity index (χ4v) is 5.68. The second-order valence-electron chi connectivity index (χ2n) is 10.8. The lowest BCUT2D eigenvalue weighted by atomic mass is 9.85. The van der Waals surface area contributed by atoms with Crippen LogP contribution in [0.1, 0.15) is 52.9 Å². The van der Waals surface area contributed by atoms with Crippen LogP contribution in [0.15, 0.2) is 0 Å². The van der Waals surface area contributed by atoms with Crippen LogP contribution in [0.2, 0.25) is 0 Å². The number of hydrogen-bond acceptors (Lipinski definition) is 12. The van der Waals surface area contributed by atoms with Crippen molar-refractivity contribution in [1.82, 2.24) is 0 Å². The summed E-state index contributed by atoms with van der Waals surface area (Å²) in [5, 5.41) is 51.4. The summed E-state index contributed by atoms with van der Waals surface area (Å²) in [6.45, 7) is 4.84. The SMILES string of the molecule is CC(=O)[C@H]1CCCOC2C(O1)[C@@H](O)C(CO)O[C@H]2O[C@@H]1CCC[C@@H](C)C1O[C@@H]1OC(C)[C@@H](O)C(O)[C@@H]1O. The van der Waals surface area contributed by atoms with Crippen LogP contribution in [-0.4, -0.2) is 124 Å². The van der Waals surface area contributed by atoms with Gasteiger partial charge in [0.2, 0.25) is 0 Å². The zero-order valence-corrected chi connectivity index (χ0v) is 21.6. The Labute approximate surface area is 216 Å². The van der Waals surface area contributed by atoms with E-state index in [0.717, 1.165) is 12.8 Å². The maximum absolute atomic E-state index is 12.1. The van der Waals surface area contributed by atoms with Crippen molar-refractivity contribution in [3.8, 4) is 0 Å². The van der Waals surface area contributed by atoms with Gasteiger partial charge >= 0.3 is 0 Å². The molecule has 0 amide bonds. The molecule has 6 unspecified atom stereocenters. The molecule has 0 bridgehead atoms. The van der Waals surface area contributed by atoms with Gasteiger partial charge in [0.05, 0.1) is 24.9 Å². The second kappa shape index (κ2) is 12.6. The highest BCUT2D eigenvalue weighted by molar-refractivity contribution is 5.80. The molecule has 3 aliphatic heterocycles. The van der Waals surface area contributed by atoms with Crippen molar-refractivity contribution in [2.75, 3.05) is 13.2 Å². The maximum Gasteiger partial charge on any atom is 0.187 e. The first kappa shape index (κ1) is 29.2. The Kier molecular flexibility index (Phi) is 9.95. The molecule has 0 aromatic carbocycles. The molecule has 0 spiro atoms. The lowest BCUT2D eigenvalue weighted by Gasteiger charge is -2.48. The van der Waals surface area contributed by atoms with Gasteiger partial charge < -0.3 is 54.0 Å². The van der Waals surface area contributed by atoms with Crippen LogP contribution in [0.3, 0.4) is 0 Å². The molecule has 0 aromatic rings. The molecule has 37 heavy (non-hydrogen) atoms. The zero-order chi connectivity index (χ0) is 26.9. The molecular formula is C25H42O12. The molecule has 12 heteroatoms. The summed E-state index contributed by atoms with van der Waals surface area (Å²) in [4.78, 5) is 12.1. The predicted octanol–water partition coefficient (Wildman–Crippen LogP) is -0.996. The maximum atomic E-state index is 12.1. The predicted molar refractivity (Wildman–Crippen MR) is 125 cm³/mol. The number of carbonyl (C=O) groups is 1. The standard InChI is InChI=1S/C25H42O12/c1-11-6-4-7-15(21(11)37-24-20(31)19(30)17(28)13(3)33-24)35-25-23-22(18(29)16(10-26)36-25)34-14(12(2)27)8-5-9-32-23/h11,13-26,28-31H,4-10H2,1-3H3/t11-,13?,14-,15-,16?,17-,18+,19?,20+,21?,22?,23?,24+,25-/m1/s1. The third-order valence-corrected chi connectivity index (χ3v) is 7.98. The number of rotatable bonds is 6. The topological polar surface area (TPSA) is 174 Å². The van der Waals surface area contributed by atoms with Crippen LogP contribution in [-0.2, 0) is 33.2 Å². The van der Waals surface area contributed by atoms with E-state index in [9.17, 15) is 30.3 Å². The van der Waals surface area contributed by atoms with Crippen molar-refractivity contribution >= 4 is 5.78 Å². The molecule has 14 atom stereocenters. The average molecular weight is 535 g/mol. The summed E-state index contributed by atoms with van der Waals surface area (Å²) in [7, 11) is 0. The van der Waals surface area contributed by atoms with E-state index >= 15 is 0 Å². The van der Waals surface area contributed by atoms with E-state index < -0.39 is 86.3 Å². The number of aliphatic hydroxyl groups excluding tert-OH is 5. The minimum Gasteiger partial charge on any atom is -0.394 e. The van der Waals surface area contributed by atoms with Gasteiger partial charge in [-0.15, -0.1) is 0 Å². The van der Waals surface area contributed by atoms with Crippen molar-refractivity contribution in [3.63, 3.8) is 0 Å². The minimum absolute atomic E-state index is 0.00376. The van der Waals surface area contributed by atoms with Gasteiger partial charge in [0.1, 0.15) is 48.8 Å². The van der Waals surface area contributed by atoms with Crippen molar-refractivity contribution in [2.24, 2.45) is 5.92 Å². The van der Waals surface area contributed by atoms with E-state index in [1.807, 2.05) is 6.92 Å². The van der Waals surface area contributed by atoms with Gasteiger partial charge in [0.25, 0.3) is 0 Å². The average Bonchev–Trinajstić information content (AvgIpc) is 2.84. The molecule has 5 N–H and O–H groups in total. The second-order valence-corrected chi connectivity index (χ2v) is 10.8. The van der Waals surface area contributed by atoms with Crippen LogP contribution >= 0.6 is 0 Å². The van der Waals surface area contributed by atoms with Gasteiger partial charge in [-0.25, -0.2) is 0 Å². The normalized spacial score (nSPS) is 49.5. The Morgan fingerprint density at radius 1 is 0.838 bits per heavy atom. The molecule has 4 aliphatic rings. The smallest absolute Gasteiger partial charge is 0.187 e. The third kappa shape index (κ3) is 6.36. The molecule has 12 nitrogen and oxygen atoms in total. The van der Waals surface area contributed by atoms with E-state index in [-0.39, 0.29) is 11.7 Å². The quantitative estimate of drug-likeness (QED) is 0.282. The Morgan fingerprint density at radius 3 is 2.30 bits per heavy atom. The lowest BCUT2D eigenvalue weighted by Crippen LogP contribution is -2.64. The van der Waals surface area contributed by atoms with Crippen LogP contribution in [0.4, 0.5) is 0 Å². The van der Waals surface area contributed by atoms with E-state index in [2.05, 4.69) is 0 Å². The summed E-state index contributed by atoms with van der Waals surface area (Å²) >= 11 is 0. The minimum atomic E-state index is -1.45. The van der Waals surface area contributed by atoms with Crippen molar-refractivity contribution in [1.29, 1.82) is 0 Å². The monoisotopic (exact) mass is 534 g/mol. The summed E-state index contributed by atoms with van der Waals surface area (Å²) in [6.07, 6.45) is -9.58. The lowest BCUT2D eigenvalue weighted by molar-refractivity contribution is -0.354. The summed E-state index contributed by atoms with van der Waals surface area (Å²) in [5.74, 6) is -0.149. The highest BCUT2D eigenvalue weighted by Crippen LogP contribution is 2.36. The Balaban J connectivity index is 1.52. The molecule has 0 aromatic heterocycles. The molecule has 4 rings (SSSR count). The summed E-state index contributed by atoms with van der Waals surface area (Å²) in [5.41, 5.74) is 0. The van der Waals surface area contributed by atoms with Gasteiger partial charge in [-0.2, -0.15) is 0 Å². The van der Waals surface area contributed by atoms with E-state index in [0.29, 0.717) is 25.9 Å². The highest BCUT2D eigenvalue weighted by Gasteiger charge is 2.51. The van der Waals surface area contributed by atoms with Gasteiger partial charge in [0.15, 0.2) is 18.4 Å². The third-order valence-electron chi connectivity index (χ3n) is 7.98. The number of hydrogen-bond donors (Lipinski definition) is 5. The van der Waals surface area contributed by atoms with E-state index in [1.165, 1.54) is 6.92 Å². The fraction of sp³-hybridized carbons (Fsp3) is 0.960. The first-order chi connectivity index (χ1) is 17.6. The highest BCUT2D eigenvalue weighted by atomic mass is 16.7. The first-order valence-corrected chi connectivity index (χ1v) is 13.3. The Morgan fingerprint density at radius 2 is 1.59 bits per heavy atom. The fourth-order valence-electron chi connectivity index (χ4n) is 5.68. The van der Waals surface area contributed by atoms with Crippen molar-refractivity contribution < 1.29 is 58.7 Å². The van der Waals surface area contributed by atoms with Crippen LogP contribution in [0, 0.1) is 5.92 Å². The van der Waals surface area contributed by atoms with Crippen LogP contribution in [0.5, 0.6) is 0 Å². The summed E-state index contributed by atoms with van der Waals surface area (Å²) < 4.78 is 36.2. The number of carbonyl (C=O) groups excluding carboxylic acids is 1. The molecule has 4 fully saturated rings. The van der Waals surface area contributed by atoms with Gasteiger partial charge in [0, 0.05) is 6.61 Å². The van der Waals surface area contributed by atoms with Gasteiger partial charge in [-0.05, 0) is 45.4 Å². The van der Waals surface area contributed by atoms with Gasteiger partial charge in [-0.3, -0.25) is 4.79 Å². The molecule has 3 saturated heterocycles. The molecule has 3 heterocycles. The number of ether oxygens (including phenoxy) is 6. The van der Waals surface area contributed by atoms with Crippen LogP contribution < -0.4 is 0 Å². The number of ketones is 1. The number of Topliss-reactive ketones (excluding diaryl/α,β-unsaturated/α-hetero) is 1. The Hall–Kier alpha value is -0.770. The molecule has 1 saturated carbocycles. The Bertz CT molecular complexity index is 753. The molecule has 0 radical (unpaired) electrons. The molecule has 1 aliphatic carbocycles. The van der Waals surface area contributed by atoms with E-state index in [4.69, 9.17) is 28.4 Å². The number of aliphatic hydroxyl groups is 5. The van der Waals surface area contributed by atoms with Gasteiger partial charge in [-0.1, -0.05) is 13.3 Å². The largest absolute Gasteiger partial charge is 0.394 e. The van der Waals surface area contributed by atoms with Crippen molar-refractivity contribution in [3.05, 3.63) is 0 Å². The van der Waals surface area contributed by atoms with Crippen LogP contribution in [0.25, 0.3) is 0 Å². The van der Waals surface area contributed by atoms with Crippen molar-refractivity contribution in [2.45, 2.75) is 133 Å². The molecular weight excluding hydrogens is 492 g/mol. The zero-order valence-electron chi connectivity index (χ0n) is 21.6. The molecule has 214 valence electrons. The number of fused-ring (bicyclic) bond motifs is 1. The van der Waals surface area contributed by atoms with E-state index in [1.54, 1.807) is 6.92 Å².